The van der Waals surface area contributed by atoms with Gasteiger partial charge in [0.1, 0.15) is 5.75 Å². The van der Waals surface area contributed by atoms with E-state index in [2.05, 4.69) is 39.6 Å². The number of urea groups is 1. The van der Waals surface area contributed by atoms with E-state index in [0.717, 1.165) is 23.3 Å². The lowest BCUT2D eigenvalue weighted by atomic mass is 9.94. The summed E-state index contributed by atoms with van der Waals surface area (Å²) in [6.07, 6.45) is 0.560. The number of fused-ring (bicyclic) bond motifs is 4. The highest BCUT2D eigenvalue weighted by Gasteiger charge is 2.34. The van der Waals surface area contributed by atoms with Crippen LogP contribution in [-0.4, -0.2) is 12.3 Å². The summed E-state index contributed by atoms with van der Waals surface area (Å²) in [5.74, 6) is 0.854. The van der Waals surface area contributed by atoms with Crippen LogP contribution in [0.5, 0.6) is 5.75 Å². The molecule has 0 spiro atoms. The summed E-state index contributed by atoms with van der Waals surface area (Å²) in [4.78, 5) is 11.5. The van der Waals surface area contributed by atoms with Crippen molar-refractivity contribution < 1.29 is 9.53 Å². The second kappa shape index (κ2) is 3.99. The predicted molar refractivity (Wildman–Crippen MR) is 73.2 cm³/mol. The molecule has 2 aromatic rings. The van der Waals surface area contributed by atoms with Crippen LogP contribution in [0.25, 0.3) is 11.1 Å². The normalized spacial score (nSPS) is 23.9. The molecule has 2 unspecified atom stereocenters. The molecule has 4 rings (SSSR count). The van der Waals surface area contributed by atoms with Crippen molar-refractivity contribution in [1.29, 1.82) is 0 Å². The third kappa shape index (κ3) is 1.77. The number of carbonyl (C=O) groups excluding carboxylic acids is 1. The maximum atomic E-state index is 11.5. The second-order valence-electron chi connectivity index (χ2n) is 4.78. The smallest absolute Gasteiger partial charge is 0.318 e. The van der Waals surface area contributed by atoms with E-state index < -0.39 is 0 Å². The van der Waals surface area contributed by atoms with Crippen molar-refractivity contribution >= 4 is 17.4 Å². The van der Waals surface area contributed by atoms with E-state index in [9.17, 15) is 4.79 Å². The first-order valence-corrected chi connectivity index (χ1v) is 7.14. The molecule has 4 nitrogen and oxygen atoms in total. The number of nitrogens with one attached hydrogen (secondary N) is 2. The zero-order valence-corrected chi connectivity index (χ0v) is 10.9. The molecule has 2 atom stereocenters. The van der Waals surface area contributed by atoms with Crippen LogP contribution in [0.4, 0.5) is 4.79 Å². The summed E-state index contributed by atoms with van der Waals surface area (Å²) >= 11 is 1.68. The molecule has 2 aliphatic rings. The molecule has 2 bridgehead atoms. The standard InChI is InChI=1S/C14H12N2O2S/c17-14-15-11-6-13(16-14)18-12-2-1-8(5-10(11)12)9-3-4-19-7-9/h1-5,7,11,13H,6H2,(H2,15,16,17). The summed E-state index contributed by atoms with van der Waals surface area (Å²) in [5, 5.41) is 9.89. The van der Waals surface area contributed by atoms with Gasteiger partial charge in [-0.2, -0.15) is 11.3 Å². The van der Waals surface area contributed by atoms with Crippen LogP contribution in [0.2, 0.25) is 0 Å². The Balaban J connectivity index is 1.79. The Labute approximate surface area is 114 Å². The first-order valence-electron chi connectivity index (χ1n) is 6.20. The largest absolute Gasteiger partial charge is 0.470 e. The molecule has 96 valence electrons. The van der Waals surface area contributed by atoms with Crippen LogP contribution in [0.15, 0.2) is 35.0 Å². The molecule has 2 aliphatic heterocycles. The minimum atomic E-state index is -0.210. The summed E-state index contributed by atoms with van der Waals surface area (Å²) in [6.45, 7) is 0. The monoisotopic (exact) mass is 272 g/mol. The lowest BCUT2D eigenvalue weighted by molar-refractivity contribution is 0.103. The summed E-state index contributed by atoms with van der Waals surface area (Å²) in [7, 11) is 0. The molecule has 1 aromatic heterocycles. The SMILES string of the molecule is O=C1NC2CC(N1)c1cc(-c3ccsc3)ccc1O2. The van der Waals surface area contributed by atoms with Crippen molar-refractivity contribution in [2.75, 3.05) is 0 Å². The Morgan fingerprint density at radius 2 is 2.16 bits per heavy atom. The van der Waals surface area contributed by atoms with Crippen molar-refractivity contribution in [3.8, 4) is 16.9 Å². The van der Waals surface area contributed by atoms with Crippen LogP contribution < -0.4 is 15.4 Å². The van der Waals surface area contributed by atoms with E-state index >= 15 is 0 Å². The van der Waals surface area contributed by atoms with Gasteiger partial charge in [0.2, 0.25) is 0 Å². The highest BCUT2D eigenvalue weighted by atomic mass is 32.1. The van der Waals surface area contributed by atoms with Crippen molar-refractivity contribution in [2.45, 2.75) is 18.7 Å². The van der Waals surface area contributed by atoms with Gasteiger partial charge in [-0.25, -0.2) is 4.79 Å². The molecule has 0 aliphatic carbocycles. The van der Waals surface area contributed by atoms with Gasteiger partial charge in [0.05, 0.1) is 6.04 Å². The maximum Gasteiger partial charge on any atom is 0.318 e. The average Bonchev–Trinajstić information content (AvgIpc) is 2.92. The number of carbonyl (C=O) groups is 1. The minimum Gasteiger partial charge on any atom is -0.470 e. The van der Waals surface area contributed by atoms with Crippen LogP contribution >= 0.6 is 11.3 Å². The Morgan fingerprint density at radius 1 is 1.21 bits per heavy atom. The van der Waals surface area contributed by atoms with Crippen LogP contribution in [-0.2, 0) is 0 Å². The van der Waals surface area contributed by atoms with E-state index in [0.29, 0.717) is 0 Å². The zero-order valence-electron chi connectivity index (χ0n) is 10.1. The second-order valence-corrected chi connectivity index (χ2v) is 5.56. The van der Waals surface area contributed by atoms with Gasteiger partial charge in [0.25, 0.3) is 0 Å². The number of amides is 2. The lowest BCUT2D eigenvalue weighted by Gasteiger charge is -2.37. The number of hydrogen-bond acceptors (Lipinski definition) is 3. The van der Waals surface area contributed by atoms with Crippen LogP contribution in [0, 0.1) is 0 Å². The Hall–Kier alpha value is -2.01. The van der Waals surface area contributed by atoms with Gasteiger partial charge in [-0.05, 0) is 40.1 Å². The Bertz CT molecular complexity index is 639. The highest BCUT2D eigenvalue weighted by Crippen LogP contribution is 2.38. The molecule has 0 saturated carbocycles. The number of benzene rings is 1. The lowest BCUT2D eigenvalue weighted by Crippen LogP contribution is -2.55. The number of ether oxygens (including phenoxy) is 1. The van der Waals surface area contributed by atoms with E-state index in [1.54, 1.807) is 11.3 Å². The molecular weight excluding hydrogens is 260 g/mol. The number of thiophene rings is 1. The fraction of sp³-hybridized carbons (Fsp3) is 0.214. The van der Waals surface area contributed by atoms with E-state index in [-0.39, 0.29) is 18.3 Å². The van der Waals surface area contributed by atoms with Crippen molar-refractivity contribution in [2.24, 2.45) is 0 Å². The van der Waals surface area contributed by atoms with E-state index in [1.807, 2.05) is 6.07 Å². The minimum absolute atomic E-state index is 0.0427. The maximum absolute atomic E-state index is 11.5. The fourth-order valence-electron chi connectivity index (χ4n) is 2.65. The summed E-state index contributed by atoms with van der Waals surface area (Å²) < 4.78 is 5.78. The van der Waals surface area contributed by atoms with Gasteiger partial charge in [-0.3, -0.25) is 0 Å². The Morgan fingerprint density at radius 3 is 3.00 bits per heavy atom. The van der Waals surface area contributed by atoms with Gasteiger partial charge in [0.15, 0.2) is 6.23 Å². The van der Waals surface area contributed by atoms with Crippen LogP contribution in [0.1, 0.15) is 18.0 Å². The predicted octanol–water partition coefficient (Wildman–Crippen LogP) is 2.88. The Kier molecular flexibility index (Phi) is 2.29. The van der Waals surface area contributed by atoms with Gasteiger partial charge in [-0.1, -0.05) is 6.07 Å². The molecule has 19 heavy (non-hydrogen) atoms. The molecule has 5 heteroatoms. The first kappa shape index (κ1) is 10.9. The molecular formula is C14H12N2O2S. The third-order valence-corrected chi connectivity index (χ3v) is 4.24. The molecule has 3 heterocycles. The first-order chi connectivity index (χ1) is 9.29. The molecule has 2 amide bonds. The zero-order chi connectivity index (χ0) is 12.8. The molecule has 1 aromatic carbocycles. The van der Waals surface area contributed by atoms with E-state index in [1.165, 1.54) is 5.56 Å². The molecule has 2 N–H and O–H groups in total. The molecule has 1 saturated heterocycles. The van der Waals surface area contributed by atoms with Crippen molar-refractivity contribution in [3.05, 3.63) is 40.6 Å². The summed E-state index contributed by atoms with van der Waals surface area (Å²) in [6, 6.07) is 8.14. The summed E-state index contributed by atoms with van der Waals surface area (Å²) in [5.41, 5.74) is 3.43. The van der Waals surface area contributed by atoms with Crippen LogP contribution in [0.3, 0.4) is 0 Å². The van der Waals surface area contributed by atoms with Crippen molar-refractivity contribution in [1.82, 2.24) is 10.6 Å². The van der Waals surface area contributed by atoms with Gasteiger partial charge >= 0.3 is 6.03 Å². The highest BCUT2D eigenvalue weighted by molar-refractivity contribution is 7.08. The third-order valence-electron chi connectivity index (χ3n) is 3.56. The quantitative estimate of drug-likeness (QED) is 0.838. The topological polar surface area (TPSA) is 50.4 Å². The van der Waals surface area contributed by atoms with E-state index in [4.69, 9.17) is 4.74 Å². The molecule has 0 radical (unpaired) electrons. The van der Waals surface area contributed by atoms with Gasteiger partial charge < -0.3 is 15.4 Å². The van der Waals surface area contributed by atoms with Gasteiger partial charge in [0, 0.05) is 12.0 Å². The van der Waals surface area contributed by atoms with Crippen molar-refractivity contribution in [3.63, 3.8) is 0 Å². The molecule has 1 fully saturated rings. The number of hydrogen-bond donors (Lipinski definition) is 2. The number of rotatable bonds is 1. The average molecular weight is 272 g/mol. The van der Waals surface area contributed by atoms with Gasteiger partial charge in [-0.15, -0.1) is 0 Å². The fourth-order valence-corrected chi connectivity index (χ4v) is 3.32.